The highest BCUT2D eigenvalue weighted by Crippen LogP contribution is 2.39. The molecule has 1 fully saturated rings. The van der Waals surface area contributed by atoms with Crippen molar-refractivity contribution in [3.63, 3.8) is 0 Å². The predicted octanol–water partition coefficient (Wildman–Crippen LogP) is 4.31. The molecule has 0 spiro atoms. The molecule has 28 heavy (non-hydrogen) atoms. The molecule has 0 atom stereocenters. The summed E-state index contributed by atoms with van der Waals surface area (Å²) in [7, 11) is 0. The third kappa shape index (κ3) is 4.24. The molecule has 1 aliphatic heterocycles. The lowest BCUT2D eigenvalue weighted by molar-refractivity contribution is 0.103. The molecular formula is C20H22N4O2S2. The zero-order chi connectivity index (χ0) is 19.3. The van der Waals surface area contributed by atoms with Crippen LogP contribution >= 0.6 is 22.7 Å². The second-order valence-electron chi connectivity index (χ2n) is 6.50. The number of carbonyl (C=O) groups is 1. The van der Waals surface area contributed by atoms with Crippen LogP contribution in [0.4, 0.5) is 10.1 Å². The number of nitrogens with one attached hydrogen (secondary N) is 1. The summed E-state index contributed by atoms with van der Waals surface area (Å²) in [4.78, 5) is 15.8. The van der Waals surface area contributed by atoms with Crippen LogP contribution in [0, 0.1) is 0 Å². The van der Waals surface area contributed by atoms with Crippen LogP contribution in [0.1, 0.15) is 28.0 Å². The zero-order valence-electron chi connectivity index (χ0n) is 15.7. The third-order valence-electron chi connectivity index (χ3n) is 4.47. The number of thiophene rings is 1. The van der Waals surface area contributed by atoms with Gasteiger partial charge in [-0.15, -0.1) is 21.5 Å². The number of anilines is 2. The van der Waals surface area contributed by atoms with Crippen molar-refractivity contribution in [2.75, 3.05) is 36.5 Å². The van der Waals surface area contributed by atoms with Gasteiger partial charge in [-0.05, 0) is 18.1 Å². The Morgan fingerprint density at radius 3 is 2.71 bits per heavy atom. The Kier molecular flexibility index (Phi) is 5.99. The van der Waals surface area contributed by atoms with E-state index in [1.165, 1.54) is 22.7 Å². The highest BCUT2D eigenvalue weighted by atomic mass is 32.1. The predicted molar refractivity (Wildman–Crippen MR) is 115 cm³/mol. The first-order valence-electron chi connectivity index (χ1n) is 9.40. The van der Waals surface area contributed by atoms with E-state index in [4.69, 9.17) is 4.74 Å². The molecule has 8 heteroatoms. The minimum atomic E-state index is -0.138. The lowest BCUT2D eigenvalue weighted by Gasteiger charge is -2.28. The van der Waals surface area contributed by atoms with Crippen molar-refractivity contribution < 1.29 is 9.53 Å². The van der Waals surface area contributed by atoms with Gasteiger partial charge in [0.25, 0.3) is 5.91 Å². The Balaban J connectivity index is 1.61. The SMILES string of the molecule is CCCc1nnc(NC(=O)c2cc(-c3ccccc3)c(N3CCOCC3)s2)s1. The lowest BCUT2D eigenvalue weighted by Crippen LogP contribution is -2.35. The van der Waals surface area contributed by atoms with E-state index in [9.17, 15) is 4.79 Å². The number of carbonyl (C=O) groups excluding carboxylic acids is 1. The van der Waals surface area contributed by atoms with Crippen molar-refractivity contribution in [3.05, 3.63) is 46.3 Å². The van der Waals surface area contributed by atoms with Crippen molar-refractivity contribution >= 4 is 38.7 Å². The Morgan fingerprint density at radius 2 is 1.96 bits per heavy atom. The van der Waals surface area contributed by atoms with E-state index in [1.54, 1.807) is 0 Å². The summed E-state index contributed by atoms with van der Waals surface area (Å²) in [6, 6.07) is 12.2. The monoisotopic (exact) mass is 414 g/mol. The van der Waals surface area contributed by atoms with Crippen LogP contribution in [0.5, 0.6) is 0 Å². The average Bonchev–Trinajstić information content (AvgIpc) is 3.37. The second kappa shape index (κ2) is 8.81. The van der Waals surface area contributed by atoms with Gasteiger partial charge in [-0.1, -0.05) is 48.6 Å². The maximum absolute atomic E-state index is 12.9. The van der Waals surface area contributed by atoms with Gasteiger partial charge in [-0.2, -0.15) is 0 Å². The summed E-state index contributed by atoms with van der Waals surface area (Å²) >= 11 is 2.96. The molecule has 1 aromatic carbocycles. The minimum absolute atomic E-state index is 0.138. The van der Waals surface area contributed by atoms with E-state index < -0.39 is 0 Å². The molecule has 0 saturated carbocycles. The van der Waals surface area contributed by atoms with Crippen LogP contribution in [0.3, 0.4) is 0 Å². The number of aromatic nitrogens is 2. The molecule has 0 bridgehead atoms. The highest BCUT2D eigenvalue weighted by molar-refractivity contribution is 7.19. The van der Waals surface area contributed by atoms with Gasteiger partial charge in [-0.25, -0.2) is 0 Å². The van der Waals surface area contributed by atoms with Crippen LogP contribution in [-0.4, -0.2) is 42.4 Å². The molecule has 146 valence electrons. The van der Waals surface area contributed by atoms with E-state index in [-0.39, 0.29) is 5.91 Å². The number of rotatable bonds is 6. The van der Waals surface area contributed by atoms with Gasteiger partial charge in [0.1, 0.15) is 5.01 Å². The number of morpholine rings is 1. The summed E-state index contributed by atoms with van der Waals surface area (Å²) in [5.41, 5.74) is 2.20. The zero-order valence-corrected chi connectivity index (χ0v) is 17.3. The molecule has 0 aliphatic carbocycles. The van der Waals surface area contributed by atoms with Crippen molar-refractivity contribution in [3.8, 4) is 11.1 Å². The molecule has 4 rings (SSSR count). The van der Waals surface area contributed by atoms with Crippen molar-refractivity contribution in [1.29, 1.82) is 0 Å². The number of benzene rings is 1. The Labute approximate surface area is 172 Å². The van der Waals surface area contributed by atoms with E-state index in [0.717, 1.165) is 47.1 Å². The lowest BCUT2D eigenvalue weighted by atomic mass is 10.1. The summed E-state index contributed by atoms with van der Waals surface area (Å²) in [6.45, 7) is 5.18. The Bertz CT molecular complexity index is 933. The van der Waals surface area contributed by atoms with Gasteiger partial charge in [0.2, 0.25) is 5.13 Å². The van der Waals surface area contributed by atoms with Crippen molar-refractivity contribution in [1.82, 2.24) is 10.2 Å². The molecule has 0 unspecified atom stereocenters. The van der Waals surface area contributed by atoms with E-state index in [1.807, 2.05) is 24.3 Å². The number of hydrogen-bond acceptors (Lipinski definition) is 7. The fourth-order valence-corrected chi connectivity index (χ4v) is 5.06. The van der Waals surface area contributed by atoms with Gasteiger partial charge in [-0.3, -0.25) is 10.1 Å². The van der Waals surface area contributed by atoms with Crippen LogP contribution in [0.15, 0.2) is 36.4 Å². The molecule has 3 heterocycles. The minimum Gasteiger partial charge on any atom is -0.378 e. The van der Waals surface area contributed by atoms with Gasteiger partial charge in [0.15, 0.2) is 0 Å². The highest BCUT2D eigenvalue weighted by Gasteiger charge is 2.22. The fraction of sp³-hybridized carbons (Fsp3) is 0.350. The maximum Gasteiger partial charge on any atom is 0.267 e. The van der Waals surface area contributed by atoms with Crippen molar-refractivity contribution in [2.24, 2.45) is 0 Å². The number of hydrogen-bond donors (Lipinski definition) is 1. The van der Waals surface area contributed by atoms with Crippen LogP contribution < -0.4 is 10.2 Å². The van der Waals surface area contributed by atoms with Gasteiger partial charge in [0, 0.05) is 25.1 Å². The molecule has 0 radical (unpaired) electrons. The normalized spacial score (nSPS) is 14.2. The summed E-state index contributed by atoms with van der Waals surface area (Å²) in [5.74, 6) is -0.138. The first-order valence-corrected chi connectivity index (χ1v) is 11.0. The molecule has 2 aromatic heterocycles. The van der Waals surface area contributed by atoms with Crippen molar-refractivity contribution in [2.45, 2.75) is 19.8 Å². The topological polar surface area (TPSA) is 67.4 Å². The first kappa shape index (κ1) is 19.0. The fourth-order valence-electron chi connectivity index (χ4n) is 3.10. The smallest absolute Gasteiger partial charge is 0.267 e. The second-order valence-corrected chi connectivity index (χ2v) is 8.59. The Morgan fingerprint density at radius 1 is 1.18 bits per heavy atom. The summed E-state index contributed by atoms with van der Waals surface area (Å²) in [6.07, 6.45) is 1.89. The quantitative estimate of drug-likeness (QED) is 0.651. The number of aryl methyl sites for hydroxylation is 1. The van der Waals surface area contributed by atoms with E-state index in [2.05, 4.69) is 39.5 Å². The molecule has 1 saturated heterocycles. The molecule has 1 amide bonds. The average molecular weight is 415 g/mol. The number of amides is 1. The first-order chi connectivity index (χ1) is 13.7. The number of ether oxygens (including phenoxy) is 1. The third-order valence-corrected chi connectivity index (χ3v) is 6.56. The maximum atomic E-state index is 12.9. The molecule has 3 aromatic rings. The van der Waals surface area contributed by atoms with Crippen LogP contribution in [-0.2, 0) is 11.2 Å². The molecule has 6 nitrogen and oxygen atoms in total. The Hall–Kier alpha value is -2.29. The largest absolute Gasteiger partial charge is 0.378 e. The van der Waals surface area contributed by atoms with Gasteiger partial charge in [0.05, 0.1) is 23.1 Å². The standard InChI is InChI=1S/C20H22N4O2S2/c1-2-6-17-22-23-20(28-17)21-18(25)16-13-15(14-7-4-3-5-8-14)19(27-16)24-9-11-26-12-10-24/h3-5,7-8,13H,2,6,9-12H2,1H3,(H,21,23,25). The number of nitrogens with zero attached hydrogens (tertiary/aromatic N) is 3. The van der Waals surface area contributed by atoms with E-state index in [0.29, 0.717) is 23.2 Å². The van der Waals surface area contributed by atoms with Crippen LogP contribution in [0.2, 0.25) is 0 Å². The molecule has 1 aliphatic rings. The molecular weight excluding hydrogens is 392 g/mol. The summed E-state index contributed by atoms with van der Waals surface area (Å²) < 4.78 is 5.49. The van der Waals surface area contributed by atoms with Gasteiger partial charge >= 0.3 is 0 Å². The van der Waals surface area contributed by atoms with Gasteiger partial charge < -0.3 is 9.64 Å². The molecule has 1 N–H and O–H groups in total. The summed E-state index contributed by atoms with van der Waals surface area (Å²) in [5, 5.41) is 13.7. The van der Waals surface area contributed by atoms with E-state index >= 15 is 0 Å². The van der Waals surface area contributed by atoms with Crippen LogP contribution in [0.25, 0.3) is 11.1 Å².